The molecule has 2 heterocycles. The van der Waals surface area contributed by atoms with E-state index < -0.39 is 0 Å². The standard InChI is InChI=1S/C23H25N3O4/c1-14(2)29-19-7-4-16(5-8-19)12-24-23(28)17-10-22(27)26(13-17)18-6-9-21-20(11-18)25-15(3)30-21/h4-9,11,14,17H,10,12-13H2,1-3H3,(H,24,28). The summed E-state index contributed by atoms with van der Waals surface area (Å²) in [5.41, 5.74) is 3.10. The second-order valence-corrected chi connectivity index (χ2v) is 7.82. The van der Waals surface area contributed by atoms with Crippen molar-refractivity contribution in [3.8, 4) is 5.75 Å². The molecule has 1 unspecified atom stereocenters. The van der Waals surface area contributed by atoms with Gasteiger partial charge in [0.1, 0.15) is 11.3 Å². The van der Waals surface area contributed by atoms with Gasteiger partial charge in [-0.15, -0.1) is 0 Å². The Morgan fingerprint density at radius 1 is 1.27 bits per heavy atom. The fourth-order valence-electron chi connectivity index (χ4n) is 3.62. The second kappa shape index (κ2) is 8.18. The molecule has 7 heteroatoms. The van der Waals surface area contributed by atoms with Crippen molar-refractivity contribution in [2.75, 3.05) is 11.4 Å². The summed E-state index contributed by atoms with van der Waals surface area (Å²) in [6, 6.07) is 13.1. The van der Waals surface area contributed by atoms with E-state index in [1.807, 2.05) is 50.2 Å². The van der Waals surface area contributed by atoms with E-state index in [0.29, 0.717) is 30.1 Å². The van der Waals surface area contributed by atoms with E-state index in [1.165, 1.54) is 0 Å². The van der Waals surface area contributed by atoms with E-state index >= 15 is 0 Å². The lowest BCUT2D eigenvalue weighted by molar-refractivity contribution is -0.126. The van der Waals surface area contributed by atoms with Crippen LogP contribution >= 0.6 is 0 Å². The van der Waals surface area contributed by atoms with Crippen LogP contribution in [0.5, 0.6) is 5.75 Å². The topological polar surface area (TPSA) is 84.7 Å². The summed E-state index contributed by atoms with van der Waals surface area (Å²) in [4.78, 5) is 31.1. The van der Waals surface area contributed by atoms with E-state index in [0.717, 1.165) is 17.0 Å². The van der Waals surface area contributed by atoms with Crippen LogP contribution in [-0.2, 0) is 16.1 Å². The molecule has 1 fully saturated rings. The van der Waals surface area contributed by atoms with Gasteiger partial charge in [0.15, 0.2) is 11.5 Å². The van der Waals surface area contributed by atoms with E-state index in [9.17, 15) is 9.59 Å². The fourth-order valence-corrected chi connectivity index (χ4v) is 3.62. The Morgan fingerprint density at radius 3 is 2.77 bits per heavy atom. The number of hydrogen-bond donors (Lipinski definition) is 1. The molecule has 2 aromatic carbocycles. The number of nitrogens with one attached hydrogen (secondary N) is 1. The Labute approximate surface area is 175 Å². The summed E-state index contributed by atoms with van der Waals surface area (Å²) in [5.74, 6) is 0.819. The zero-order chi connectivity index (χ0) is 21.3. The minimum absolute atomic E-state index is 0.0649. The normalized spacial score (nSPS) is 16.5. The van der Waals surface area contributed by atoms with Gasteiger partial charge in [-0.3, -0.25) is 9.59 Å². The highest BCUT2D eigenvalue weighted by molar-refractivity contribution is 6.01. The van der Waals surface area contributed by atoms with Gasteiger partial charge in [-0.2, -0.15) is 0 Å². The van der Waals surface area contributed by atoms with Gasteiger partial charge >= 0.3 is 0 Å². The quantitative estimate of drug-likeness (QED) is 0.675. The summed E-state index contributed by atoms with van der Waals surface area (Å²) >= 11 is 0. The third-order valence-electron chi connectivity index (χ3n) is 5.05. The van der Waals surface area contributed by atoms with E-state index in [-0.39, 0.29) is 30.3 Å². The van der Waals surface area contributed by atoms with Crippen LogP contribution in [0.1, 0.15) is 31.7 Å². The third kappa shape index (κ3) is 4.30. The van der Waals surface area contributed by atoms with Crippen LogP contribution < -0.4 is 15.0 Å². The SMILES string of the molecule is Cc1nc2cc(N3CC(C(=O)NCc4ccc(OC(C)C)cc4)CC3=O)ccc2o1. The number of benzene rings is 2. The number of rotatable bonds is 6. The molecule has 0 radical (unpaired) electrons. The van der Waals surface area contributed by atoms with E-state index in [4.69, 9.17) is 9.15 Å². The average Bonchev–Trinajstić information content (AvgIpc) is 3.27. The number of fused-ring (bicyclic) bond motifs is 1. The first kappa shape index (κ1) is 19.9. The number of carbonyl (C=O) groups is 2. The maximum Gasteiger partial charge on any atom is 0.227 e. The molecule has 1 saturated heterocycles. The van der Waals surface area contributed by atoms with Gasteiger partial charge in [-0.05, 0) is 49.7 Å². The summed E-state index contributed by atoms with van der Waals surface area (Å²) in [6.45, 7) is 6.51. The molecule has 3 aromatic rings. The molecular weight excluding hydrogens is 382 g/mol. The molecule has 1 aromatic heterocycles. The minimum atomic E-state index is -0.379. The zero-order valence-electron chi connectivity index (χ0n) is 17.3. The van der Waals surface area contributed by atoms with Crippen LogP contribution in [0.25, 0.3) is 11.1 Å². The second-order valence-electron chi connectivity index (χ2n) is 7.82. The first-order valence-corrected chi connectivity index (χ1v) is 10.1. The van der Waals surface area contributed by atoms with Crippen LogP contribution in [0.15, 0.2) is 46.9 Å². The average molecular weight is 407 g/mol. The molecule has 1 aliphatic rings. The van der Waals surface area contributed by atoms with Crippen molar-refractivity contribution in [1.82, 2.24) is 10.3 Å². The van der Waals surface area contributed by atoms with Crippen molar-refractivity contribution in [2.24, 2.45) is 5.92 Å². The molecule has 0 bridgehead atoms. The number of aryl methyl sites for hydroxylation is 1. The highest BCUT2D eigenvalue weighted by Crippen LogP contribution is 2.28. The molecule has 30 heavy (non-hydrogen) atoms. The minimum Gasteiger partial charge on any atom is -0.491 e. The summed E-state index contributed by atoms with van der Waals surface area (Å²) < 4.78 is 11.1. The molecule has 2 amide bonds. The highest BCUT2D eigenvalue weighted by atomic mass is 16.5. The number of carbonyl (C=O) groups excluding carboxylic acids is 2. The van der Waals surface area contributed by atoms with Crippen molar-refractivity contribution in [1.29, 1.82) is 0 Å². The largest absolute Gasteiger partial charge is 0.491 e. The lowest BCUT2D eigenvalue weighted by Gasteiger charge is -2.16. The summed E-state index contributed by atoms with van der Waals surface area (Å²) in [7, 11) is 0. The Balaban J connectivity index is 1.36. The molecule has 0 spiro atoms. The van der Waals surface area contributed by atoms with Crippen LogP contribution in [0.4, 0.5) is 5.69 Å². The van der Waals surface area contributed by atoms with Crippen LogP contribution in [-0.4, -0.2) is 29.4 Å². The zero-order valence-corrected chi connectivity index (χ0v) is 17.3. The van der Waals surface area contributed by atoms with Crippen LogP contribution in [0, 0.1) is 12.8 Å². The van der Waals surface area contributed by atoms with Gasteiger partial charge < -0.3 is 19.4 Å². The van der Waals surface area contributed by atoms with E-state index in [1.54, 1.807) is 17.9 Å². The van der Waals surface area contributed by atoms with Crippen molar-refractivity contribution in [3.63, 3.8) is 0 Å². The van der Waals surface area contributed by atoms with Crippen molar-refractivity contribution in [2.45, 2.75) is 39.8 Å². The number of ether oxygens (including phenoxy) is 1. The molecule has 4 rings (SSSR count). The number of oxazole rings is 1. The molecule has 156 valence electrons. The molecule has 1 N–H and O–H groups in total. The lowest BCUT2D eigenvalue weighted by atomic mass is 10.1. The molecule has 0 aliphatic carbocycles. The number of nitrogens with zero attached hydrogens (tertiary/aromatic N) is 2. The van der Waals surface area contributed by atoms with Gasteiger partial charge in [0, 0.05) is 32.1 Å². The smallest absolute Gasteiger partial charge is 0.227 e. The van der Waals surface area contributed by atoms with E-state index in [2.05, 4.69) is 10.3 Å². The Bertz CT molecular complexity index is 1070. The number of anilines is 1. The van der Waals surface area contributed by atoms with Gasteiger partial charge in [-0.1, -0.05) is 12.1 Å². The van der Waals surface area contributed by atoms with Gasteiger partial charge in [0.2, 0.25) is 11.8 Å². The molecule has 1 aliphatic heterocycles. The van der Waals surface area contributed by atoms with Crippen LogP contribution in [0.2, 0.25) is 0 Å². The summed E-state index contributed by atoms with van der Waals surface area (Å²) in [6.07, 6.45) is 0.315. The molecule has 1 atom stereocenters. The highest BCUT2D eigenvalue weighted by Gasteiger charge is 2.35. The number of aromatic nitrogens is 1. The first-order valence-electron chi connectivity index (χ1n) is 10.1. The predicted octanol–water partition coefficient (Wildman–Crippen LogP) is 3.59. The van der Waals surface area contributed by atoms with Gasteiger partial charge in [0.25, 0.3) is 0 Å². The van der Waals surface area contributed by atoms with Crippen molar-refractivity contribution >= 4 is 28.6 Å². The number of amides is 2. The van der Waals surface area contributed by atoms with Gasteiger partial charge in [-0.25, -0.2) is 4.98 Å². The van der Waals surface area contributed by atoms with Crippen molar-refractivity contribution < 1.29 is 18.7 Å². The maximum absolute atomic E-state index is 12.6. The van der Waals surface area contributed by atoms with Crippen LogP contribution in [0.3, 0.4) is 0 Å². The fraction of sp³-hybridized carbons (Fsp3) is 0.348. The predicted molar refractivity (Wildman–Crippen MR) is 113 cm³/mol. The Kier molecular flexibility index (Phi) is 5.44. The third-order valence-corrected chi connectivity index (χ3v) is 5.05. The molecule has 7 nitrogen and oxygen atoms in total. The maximum atomic E-state index is 12.6. The number of hydrogen-bond acceptors (Lipinski definition) is 5. The Hall–Kier alpha value is -3.35. The van der Waals surface area contributed by atoms with Gasteiger partial charge in [0.05, 0.1) is 12.0 Å². The molecular formula is C23H25N3O4. The lowest BCUT2D eigenvalue weighted by Crippen LogP contribution is -2.32. The monoisotopic (exact) mass is 407 g/mol. The summed E-state index contributed by atoms with van der Waals surface area (Å²) in [5, 5.41) is 2.94. The Morgan fingerprint density at radius 2 is 2.03 bits per heavy atom. The first-order chi connectivity index (χ1) is 14.4. The molecule has 0 saturated carbocycles. The van der Waals surface area contributed by atoms with Crippen molar-refractivity contribution in [3.05, 3.63) is 53.9 Å².